The van der Waals surface area contributed by atoms with Gasteiger partial charge in [-0.2, -0.15) is 8.78 Å². The molecule has 0 N–H and O–H groups in total. The number of hydrogen-bond acceptors (Lipinski definition) is 1. The molecule has 0 fully saturated rings. The van der Waals surface area contributed by atoms with Gasteiger partial charge in [-0.15, -0.1) is 0 Å². The number of alkyl halides is 2. The van der Waals surface area contributed by atoms with Gasteiger partial charge in [0.15, 0.2) is 6.29 Å². The van der Waals surface area contributed by atoms with E-state index < -0.39 is 6.55 Å². The first-order valence-corrected chi connectivity index (χ1v) is 4.07. The van der Waals surface area contributed by atoms with Gasteiger partial charge >= 0.3 is 6.55 Å². The van der Waals surface area contributed by atoms with Crippen molar-refractivity contribution in [2.24, 2.45) is 0 Å². The molecule has 0 aliphatic carbocycles. The summed E-state index contributed by atoms with van der Waals surface area (Å²) in [6, 6.07) is 6.45. The zero-order chi connectivity index (χ0) is 10.1. The van der Waals surface area contributed by atoms with Crippen LogP contribution in [0.25, 0.3) is 10.9 Å². The Morgan fingerprint density at radius 1 is 1.29 bits per heavy atom. The molecule has 1 aromatic carbocycles. The van der Waals surface area contributed by atoms with Gasteiger partial charge in [0.05, 0.1) is 5.52 Å². The maximum Gasteiger partial charge on any atom is 0.319 e. The van der Waals surface area contributed by atoms with Gasteiger partial charge in [-0.25, -0.2) is 0 Å². The summed E-state index contributed by atoms with van der Waals surface area (Å²) in [7, 11) is 0. The van der Waals surface area contributed by atoms with E-state index in [0.717, 1.165) is 4.57 Å². The second kappa shape index (κ2) is 3.21. The maximum atomic E-state index is 12.5. The van der Waals surface area contributed by atoms with Crippen LogP contribution in [0.5, 0.6) is 0 Å². The molecule has 0 spiro atoms. The molecule has 0 bridgehead atoms. The summed E-state index contributed by atoms with van der Waals surface area (Å²) < 4.78 is 25.8. The molecule has 0 saturated heterocycles. The minimum absolute atomic E-state index is 0.285. The van der Waals surface area contributed by atoms with Gasteiger partial charge < -0.3 is 0 Å². The molecular formula is C10H7F2NO. The summed E-state index contributed by atoms with van der Waals surface area (Å²) >= 11 is 0. The van der Waals surface area contributed by atoms with Gasteiger partial charge in [0, 0.05) is 17.1 Å². The minimum atomic E-state index is -2.62. The predicted octanol–water partition coefficient (Wildman–Crippen LogP) is 2.85. The molecule has 0 aliphatic rings. The Labute approximate surface area is 78.8 Å². The Hall–Kier alpha value is -1.71. The molecular weight excluding hydrogens is 188 g/mol. The SMILES string of the molecule is O=Cc1cccc2ccn(C(F)F)c12. The largest absolute Gasteiger partial charge is 0.319 e. The average Bonchev–Trinajstić information content (AvgIpc) is 2.60. The molecule has 1 aromatic heterocycles. The minimum Gasteiger partial charge on any atom is -0.298 e. The number of fused-ring (bicyclic) bond motifs is 1. The third kappa shape index (κ3) is 1.19. The predicted molar refractivity (Wildman–Crippen MR) is 48.6 cm³/mol. The van der Waals surface area contributed by atoms with Gasteiger partial charge in [-0.05, 0) is 12.1 Å². The van der Waals surface area contributed by atoms with Crippen LogP contribution in [-0.2, 0) is 0 Å². The van der Waals surface area contributed by atoms with Crippen molar-refractivity contribution in [3.63, 3.8) is 0 Å². The number of aldehydes is 1. The molecule has 1 heterocycles. The normalized spacial score (nSPS) is 11.1. The monoisotopic (exact) mass is 195 g/mol. The molecule has 0 atom stereocenters. The topological polar surface area (TPSA) is 22.0 Å². The third-order valence-electron chi connectivity index (χ3n) is 2.11. The van der Waals surface area contributed by atoms with Crippen molar-refractivity contribution < 1.29 is 13.6 Å². The van der Waals surface area contributed by atoms with E-state index in [2.05, 4.69) is 0 Å². The fraction of sp³-hybridized carbons (Fsp3) is 0.100. The van der Waals surface area contributed by atoms with Crippen molar-refractivity contribution in [1.82, 2.24) is 4.57 Å². The molecule has 4 heteroatoms. The molecule has 0 aliphatic heterocycles. The molecule has 0 unspecified atom stereocenters. The molecule has 72 valence electrons. The molecule has 0 amide bonds. The Bertz CT molecular complexity index is 476. The van der Waals surface area contributed by atoms with Crippen molar-refractivity contribution in [1.29, 1.82) is 0 Å². The van der Waals surface area contributed by atoms with Crippen molar-refractivity contribution in [2.45, 2.75) is 6.55 Å². The van der Waals surface area contributed by atoms with Crippen LogP contribution < -0.4 is 0 Å². The van der Waals surface area contributed by atoms with Crippen molar-refractivity contribution in [3.05, 3.63) is 36.0 Å². The molecule has 2 nitrogen and oxygen atoms in total. The number of hydrogen-bond donors (Lipinski definition) is 0. The van der Waals surface area contributed by atoms with Crippen LogP contribution in [0.4, 0.5) is 8.78 Å². The summed E-state index contributed by atoms with van der Waals surface area (Å²) in [6.45, 7) is -2.62. The third-order valence-corrected chi connectivity index (χ3v) is 2.11. The van der Waals surface area contributed by atoms with Gasteiger partial charge in [-0.1, -0.05) is 12.1 Å². The summed E-state index contributed by atoms with van der Waals surface area (Å²) in [5.74, 6) is 0. The second-order valence-corrected chi connectivity index (χ2v) is 2.90. The number of nitrogens with zero attached hydrogens (tertiary/aromatic N) is 1. The van der Waals surface area contributed by atoms with Crippen molar-refractivity contribution >= 4 is 17.2 Å². The highest BCUT2D eigenvalue weighted by Crippen LogP contribution is 2.24. The Balaban J connectivity index is 2.80. The lowest BCUT2D eigenvalue weighted by molar-refractivity contribution is 0.0751. The Morgan fingerprint density at radius 2 is 2.07 bits per heavy atom. The van der Waals surface area contributed by atoms with E-state index in [1.54, 1.807) is 18.2 Å². The van der Waals surface area contributed by atoms with Gasteiger partial charge in [-0.3, -0.25) is 9.36 Å². The fourth-order valence-electron chi connectivity index (χ4n) is 1.51. The number of carbonyl (C=O) groups is 1. The summed E-state index contributed by atoms with van der Waals surface area (Å²) in [5, 5.41) is 0.648. The number of aromatic nitrogens is 1. The summed E-state index contributed by atoms with van der Waals surface area (Å²) in [6.07, 6.45) is 1.86. The first-order valence-electron chi connectivity index (χ1n) is 4.07. The highest BCUT2D eigenvalue weighted by atomic mass is 19.3. The zero-order valence-electron chi connectivity index (χ0n) is 7.15. The smallest absolute Gasteiger partial charge is 0.298 e. The van der Waals surface area contributed by atoms with Crippen LogP contribution in [-0.4, -0.2) is 10.9 Å². The molecule has 2 aromatic rings. The van der Waals surface area contributed by atoms with E-state index in [0.29, 0.717) is 11.7 Å². The van der Waals surface area contributed by atoms with E-state index in [1.807, 2.05) is 0 Å². The molecule has 0 saturated carbocycles. The van der Waals surface area contributed by atoms with Crippen LogP contribution in [0.1, 0.15) is 16.9 Å². The highest BCUT2D eigenvalue weighted by molar-refractivity contribution is 5.96. The Morgan fingerprint density at radius 3 is 2.71 bits per heavy atom. The highest BCUT2D eigenvalue weighted by Gasteiger charge is 2.11. The number of rotatable bonds is 2. The number of para-hydroxylation sites is 1. The lowest BCUT2D eigenvalue weighted by atomic mass is 10.1. The second-order valence-electron chi connectivity index (χ2n) is 2.90. The fourth-order valence-corrected chi connectivity index (χ4v) is 1.51. The Kier molecular flexibility index (Phi) is 2.04. The van der Waals surface area contributed by atoms with Crippen LogP contribution in [0.2, 0.25) is 0 Å². The van der Waals surface area contributed by atoms with Crippen LogP contribution in [0.15, 0.2) is 30.5 Å². The summed E-state index contributed by atoms with van der Waals surface area (Å²) in [5.41, 5.74) is 0.574. The van der Waals surface area contributed by atoms with Gasteiger partial charge in [0.1, 0.15) is 0 Å². The van der Waals surface area contributed by atoms with E-state index in [1.165, 1.54) is 12.3 Å². The number of benzene rings is 1. The van der Waals surface area contributed by atoms with Crippen molar-refractivity contribution in [3.8, 4) is 0 Å². The number of carbonyl (C=O) groups excluding carboxylic acids is 1. The van der Waals surface area contributed by atoms with Gasteiger partial charge in [0.25, 0.3) is 0 Å². The number of halogens is 2. The average molecular weight is 195 g/mol. The lowest BCUT2D eigenvalue weighted by Crippen LogP contribution is -1.97. The quantitative estimate of drug-likeness (QED) is 0.675. The van der Waals surface area contributed by atoms with E-state index in [4.69, 9.17) is 0 Å². The van der Waals surface area contributed by atoms with Crippen LogP contribution in [0.3, 0.4) is 0 Å². The summed E-state index contributed by atoms with van der Waals surface area (Å²) in [4.78, 5) is 10.6. The zero-order valence-corrected chi connectivity index (χ0v) is 7.15. The van der Waals surface area contributed by atoms with Gasteiger partial charge in [0.2, 0.25) is 0 Å². The van der Waals surface area contributed by atoms with E-state index in [-0.39, 0.29) is 11.1 Å². The lowest BCUT2D eigenvalue weighted by Gasteiger charge is -2.04. The molecule has 2 rings (SSSR count). The molecule has 0 radical (unpaired) electrons. The van der Waals surface area contributed by atoms with Crippen LogP contribution >= 0.6 is 0 Å². The molecule has 14 heavy (non-hydrogen) atoms. The first-order chi connectivity index (χ1) is 6.74. The first kappa shape index (κ1) is 8.87. The maximum absolute atomic E-state index is 12.5. The van der Waals surface area contributed by atoms with E-state index in [9.17, 15) is 13.6 Å². The standard InChI is InChI=1S/C10H7F2NO/c11-10(12)13-5-4-7-2-1-3-8(6-14)9(7)13/h1-6,10H. The van der Waals surface area contributed by atoms with Crippen LogP contribution in [0, 0.1) is 0 Å². The van der Waals surface area contributed by atoms with E-state index >= 15 is 0 Å². The van der Waals surface area contributed by atoms with Crippen molar-refractivity contribution in [2.75, 3.05) is 0 Å².